The summed E-state index contributed by atoms with van der Waals surface area (Å²) in [4.78, 5) is 19.3. The summed E-state index contributed by atoms with van der Waals surface area (Å²) in [7, 11) is 0. The standard InChI is InChI=1S/C20H21N5O/c21-16-11-13-24(14-12-16)20(26)18-22-19(15-7-3-1-4-8-15)25(23-18)17-9-5-2-6-10-17/h1-10,16H,11-14,21H2. The molecule has 3 aromatic rings. The number of hydrogen-bond acceptors (Lipinski definition) is 4. The number of rotatable bonds is 3. The molecule has 0 spiro atoms. The first-order valence-corrected chi connectivity index (χ1v) is 8.85. The van der Waals surface area contributed by atoms with E-state index < -0.39 is 0 Å². The van der Waals surface area contributed by atoms with Crippen LogP contribution in [0, 0.1) is 0 Å². The van der Waals surface area contributed by atoms with Crippen LogP contribution in [-0.2, 0) is 0 Å². The average Bonchev–Trinajstić information content (AvgIpc) is 3.15. The fraction of sp³-hybridized carbons (Fsp3) is 0.250. The molecular weight excluding hydrogens is 326 g/mol. The number of amides is 1. The van der Waals surface area contributed by atoms with Gasteiger partial charge in [0, 0.05) is 24.7 Å². The van der Waals surface area contributed by atoms with E-state index in [9.17, 15) is 4.79 Å². The molecule has 6 nitrogen and oxygen atoms in total. The molecule has 2 N–H and O–H groups in total. The summed E-state index contributed by atoms with van der Waals surface area (Å²) in [5.74, 6) is 0.751. The van der Waals surface area contributed by atoms with E-state index in [4.69, 9.17) is 5.73 Å². The zero-order valence-electron chi connectivity index (χ0n) is 14.5. The molecular formula is C20H21N5O. The maximum absolute atomic E-state index is 12.9. The number of nitrogens with two attached hydrogens (primary N) is 1. The molecule has 0 unspecified atom stereocenters. The largest absolute Gasteiger partial charge is 0.336 e. The van der Waals surface area contributed by atoms with Crippen molar-refractivity contribution in [2.24, 2.45) is 5.73 Å². The van der Waals surface area contributed by atoms with E-state index in [0.717, 1.165) is 24.1 Å². The Balaban J connectivity index is 1.73. The van der Waals surface area contributed by atoms with Crippen LogP contribution in [0.15, 0.2) is 60.7 Å². The van der Waals surface area contributed by atoms with Gasteiger partial charge in [0.25, 0.3) is 5.91 Å². The normalized spacial score (nSPS) is 15.2. The Morgan fingerprint density at radius 3 is 2.23 bits per heavy atom. The van der Waals surface area contributed by atoms with Crippen molar-refractivity contribution in [1.82, 2.24) is 19.7 Å². The van der Waals surface area contributed by atoms with Crippen molar-refractivity contribution in [1.29, 1.82) is 0 Å². The van der Waals surface area contributed by atoms with Crippen molar-refractivity contribution in [2.75, 3.05) is 13.1 Å². The lowest BCUT2D eigenvalue weighted by atomic mass is 10.1. The van der Waals surface area contributed by atoms with Crippen LogP contribution < -0.4 is 5.73 Å². The topological polar surface area (TPSA) is 77.0 Å². The highest BCUT2D eigenvalue weighted by Gasteiger charge is 2.26. The smallest absolute Gasteiger partial charge is 0.293 e. The SMILES string of the molecule is NC1CCN(C(=O)c2nc(-c3ccccc3)n(-c3ccccc3)n2)CC1. The van der Waals surface area contributed by atoms with E-state index >= 15 is 0 Å². The first-order valence-electron chi connectivity index (χ1n) is 8.85. The van der Waals surface area contributed by atoms with Gasteiger partial charge in [-0.1, -0.05) is 48.5 Å². The lowest BCUT2D eigenvalue weighted by Crippen LogP contribution is -2.43. The van der Waals surface area contributed by atoms with Crippen LogP contribution in [0.5, 0.6) is 0 Å². The summed E-state index contributed by atoms with van der Waals surface area (Å²) in [5, 5.41) is 4.53. The van der Waals surface area contributed by atoms with Gasteiger partial charge in [-0.05, 0) is 25.0 Å². The first kappa shape index (κ1) is 16.5. The Kier molecular flexibility index (Phi) is 4.50. The molecule has 0 bridgehead atoms. The maximum Gasteiger partial charge on any atom is 0.293 e. The molecule has 1 aromatic heterocycles. The molecule has 26 heavy (non-hydrogen) atoms. The Morgan fingerprint density at radius 2 is 1.58 bits per heavy atom. The Morgan fingerprint density at radius 1 is 0.962 bits per heavy atom. The number of para-hydroxylation sites is 1. The zero-order valence-corrected chi connectivity index (χ0v) is 14.5. The van der Waals surface area contributed by atoms with Gasteiger partial charge >= 0.3 is 0 Å². The molecule has 2 aromatic carbocycles. The summed E-state index contributed by atoms with van der Waals surface area (Å²) >= 11 is 0. The summed E-state index contributed by atoms with van der Waals surface area (Å²) in [6.45, 7) is 1.31. The van der Waals surface area contributed by atoms with Crippen molar-refractivity contribution in [2.45, 2.75) is 18.9 Å². The quantitative estimate of drug-likeness (QED) is 0.790. The van der Waals surface area contributed by atoms with Gasteiger partial charge in [0.2, 0.25) is 5.82 Å². The van der Waals surface area contributed by atoms with Crippen molar-refractivity contribution < 1.29 is 4.79 Å². The van der Waals surface area contributed by atoms with Gasteiger partial charge in [0.05, 0.1) is 5.69 Å². The van der Waals surface area contributed by atoms with Crippen molar-refractivity contribution in [3.05, 3.63) is 66.5 Å². The van der Waals surface area contributed by atoms with Gasteiger partial charge < -0.3 is 10.6 Å². The molecule has 1 aliphatic heterocycles. The van der Waals surface area contributed by atoms with Crippen molar-refractivity contribution in [3.8, 4) is 17.1 Å². The third-order valence-electron chi connectivity index (χ3n) is 4.66. The minimum Gasteiger partial charge on any atom is -0.336 e. The van der Waals surface area contributed by atoms with Crippen LogP contribution >= 0.6 is 0 Å². The monoisotopic (exact) mass is 347 g/mol. The summed E-state index contributed by atoms with van der Waals surface area (Å²) in [6, 6.07) is 19.7. The lowest BCUT2D eigenvalue weighted by molar-refractivity contribution is 0.0702. The number of aromatic nitrogens is 3. The van der Waals surface area contributed by atoms with Crippen LogP contribution in [0.3, 0.4) is 0 Å². The van der Waals surface area contributed by atoms with Gasteiger partial charge in [-0.25, -0.2) is 9.67 Å². The van der Waals surface area contributed by atoms with E-state index in [-0.39, 0.29) is 17.8 Å². The second-order valence-corrected chi connectivity index (χ2v) is 6.50. The third-order valence-corrected chi connectivity index (χ3v) is 4.66. The van der Waals surface area contributed by atoms with E-state index in [2.05, 4.69) is 10.1 Å². The number of nitrogens with zero attached hydrogens (tertiary/aromatic N) is 4. The van der Waals surface area contributed by atoms with E-state index in [1.54, 1.807) is 9.58 Å². The Hall–Kier alpha value is -2.99. The highest BCUT2D eigenvalue weighted by atomic mass is 16.2. The molecule has 0 aliphatic carbocycles. The Labute approximate surface area is 152 Å². The number of carbonyl (C=O) groups is 1. The van der Waals surface area contributed by atoms with Crippen molar-refractivity contribution in [3.63, 3.8) is 0 Å². The number of piperidine rings is 1. The molecule has 1 aliphatic rings. The molecule has 0 saturated carbocycles. The number of likely N-dealkylation sites (tertiary alicyclic amines) is 1. The lowest BCUT2D eigenvalue weighted by Gasteiger charge is -2.29. The minimum atomic E-state index is -0.135. The van der Waals surface area contributed by atoms with E-state index in [1.807, 2.05) is 60.7 Å². The molecule has 2 heterocycles. The molecule has 1 amide bonds. The van der Waals surface area contributed by atoms with Gasteiger partial charge in [-0.2, -0.15) is 0 Å². The predicted octanol–water partition coefficient (Wildman–Crippen LogP) is 2.50. The van der Waals surface area contributed by atoms with Gasteiger partial charge in [0.1, 0.15) is 0 Å². The van der Waals surface area contributed by atoms with Crippen LogP contribution in [0.2, 0.25) is 0 Å². The third kappa shape index (κ3) is 3.23. The minimum absolute atomic E-state index is 0.135. The second-order valence-electron chi connectivity index (χ2n) is 6.50. The molecule has 0 radical (unpaired) electrons. The molecule has 1 fully saturated rings. The molecule has 4 rings (SSSR count). The molecule has 1 saturated heterocycles. The number of hydrogen-bond donors (Lipinski definition) is 1. The average molecular weight is 347 g/mol. The van der Waals surface area contributed by atoms with E-state index in [0.29, 0.717) is 18.9 Å². The second kappa shape index (κ2) is 7.09. The van der Waals surface area contributed by atoms with Gasteiger partial charge in [-0.3, -0.25) is 4.79 Å². The van der Waals surface area contributed by atoms with Gasteiger partial charge in [-0.15, -0.1) is 5.10 Å². The summed E-state index contributed by atoms with van der Waals surface area (Å²) < 4.78 is 1.73. The predicted molar refractivity (Wildman–Crippen MR) is 99.9 cm³/mol. The van der Waals surface area contributed by atoms with Crippen LogP contribution in [0.1, 0.15) is 23.5 Å². The molecule has 6 heteroatoms. The van der Waals surface area contributed by atoms with Crippen LogP contribution in [0.25, 0.3) is 17.1 Å². The summed E-state index contributed by atoms with van der Waals surface area (Å²) in [5.41, 5.74) is 7.74. The fourth-order valence-corrected chi connectivity index (χ4v) is 3.17. The highest BCUT2D eigenvalue weighted by molar-refractivity contribution is 5.91. The molecule has 0 atom stereocenters. The van der Waals surface area contributed by atoms with Crippen molar-refractivity contribution >= 4 is 5.91 Å². The zero-order chi connectivity index (χ0) is 17.9. The number of carbonyl (C=O) groups excluding carboxylic acids is 1. The number of benzene rings is 2. The highest BCUT2D eigenvalue weighted by Crippen LogP contribution is 2.22. The summed E-state index contributed by atoms with van der Waals surface area (Å²) in [6.07, 6.45) is 1.63. The first-order chi connectivity index (χ1) is 12.7. The van der Waals surface area contributed by atoms with Gasteiger partial charge in [0.15, 0.2) is 5.82 Å². The Bertz CT molecular complexity index is 826. The fourth-order valence-electron chi connectivity index (χ4n) is 3.17. The van der Waals surface area contributed by atoms with Crippen LogP contribution in [0.4, 0.5) is 0 Å². The van der Waals surface area contributed by atoms with E-state index in [1.165, 1.54) is 0 Å². The molecule has 132 valence electrons. The van der Waals surface area contributed by atoms with Crippen LogP contribution in [-0.4, -0.2) is 44.7 Å². The maximum atomic E-state index is 12.9.